The Morgan fingerprint density at radius 3 is 2.78 bits per heavy atom. The number of hydrogen-bond acceptors (Lipinski definition) is 7. The number of nitrogens with one attached hydrogen (secondary N) is 2. The second kappa shape index (κ2) is 13.9. The lowest BCUT2D eigenvalue weighted by molar-refractivity contribution is 0.0131. The molecule has 8 atom stereocenters. The zero-order valence-electron chi connectivity index (χ0n) is 28.5. The van der Waals surface area contributed by atoms with Crippen LogP contribution in [0.4, 0.5) is 10.5 Å². The Kier molecular flexibility index (Phi) is 9.73. The van der Waals surface area contributed by atoms with Gasteiger partial charge in [0.05, 0.1) is 36.3 Å². The van der Waals surface area contributed by atoms with Crippen molar-refractivity contribution in [2.24, 2.45) is 22.1 Å². The molecule has 3 amide bonds. The lowest BCUT2D eigenvalue weighted by Gasteiger charge is -2.46. The Morgan fingerprint density at radius 2 is 2.02 bits per heavy atom. The van der Waals surface area contributed by atoms with Gasteiger partial charge in [0.1, 0.15) is 15.7 Å². The Hall–Kier alpha value is -3.12. The summed E-state index contributed by atoms with van der Waals surface area (Å²) in [6.45, 7) is 3.97. The second-order valence-corrected chi connectivity index (χ2v) is 17.1. The topological polar surface area (TPSA) is 119 Å². The Morgan fingerprint density at radius 1 is 1.16 bits per heavy atom. The summed E-state index contributed by atoms with van der Waals surface area (Å²) in [4.78, 5) is 29.2. The molecule has 49 heavy (non-hydrogen) atoms. The zero-order valence-corrected chi connectivity index (χ0v) is 30.1. The smallest absolute Gasteiger partial charge is 0.327 e. The number of allylic oxidation sites excluding steroid dienone is 1. The molecule has 2 saturated carbocycles. The van der Waals surface area contributed by atoms with E-state index in [0.29, 0.717) is 42.6 Å². The molecule has 2 N–H and O–H groups in total. The molecule has 2 aromatic rings. The highest BCUT2D eigenvalue weighted by Gasteiger charge is 2.44. The number of hydrogen-bond donors (Lipinski definition) is 2. The van der Waals surface area contributed by atoms with E-state index in [0.717, 1.165) is 55.9 Å². The first-order valence-corrected chi connectivity index (χ1v) is 19.6. The molecule has 7 rings (SSSR count). The van der Waals surface area contributed by atoms with Crippen LogP contribution in [0.3, 0.4) is 0 Å². The van der Waals surface area contributed by atoms with Crippen LogP contribution in [0.2, 0.25) is 5.02 Å². The Balaban J connectivity index is 1.27. The van der Waals surface area contributed by atoms with Gasteiger partial charge < -0.3 is 24.4 Å². The van der Waals surface area contributed by atoms with Crippen molar-refractivity contribution in [1.29, 1.82) is 0 Å². The summed E-state index contributed by atoms with van der Waals surface area (Å²) in [7, 11) is -0.129. The van der Waals surface area contributed by atoms with Gasteiger partial charge in [-0.2, -0.15) is 0 Å². The highest BCUT2D eigenvalue weighted by molar-refractivity contribution is 7.92. The first kappa shape index (κ1) is 34.3. The minimum Gasteiger partial charge on any atom is -0.490 e. The van der Waals surface area contributed by atoms with Gasteiger partial charge in [-0.15, -0.1) is 4.36 Å². The number of nitrogens with zero attached hydrogens (tertiary/aromatic N) is 2. The third kappa shape index (κ3) is 7.22. The third-order valence-electron chi connectivity index (χ3n) is 11.1. The lowest BCUT2D eigenvalue weighted by atomic mass is 9.68. The van der Waals surface area contributed by atoms with E-state index in [1.807, 2.05) is 25.1 Å². The van der Waals surface area contributed by atoms with Crippen LogP contribution in [0.5, 0.6) is 5.75 Å². The highest BCUT2D eigenvalue weighted by Crippen LogP contribution is 2.47. The number of halogens is 1. The number of amides is 3. The third-order valence-corrected chi connectivity index (χ3v) is 13.3. The number of methoxy groups -OCH3 is 2. The summed E-state index contributed by atoms with van der Waals surface area (Å²) >= 11 is 6.45. The van der Waals surface area contributed by atoms with Crippen LogP contribution in [0.15, 0.2) is 52.9 Å². The highest BCUT2D eigenvalue weighted by atomic mass is 35.5. The van der Waals surface area contributed by atoms with Gasteiger partial charge in [0, 0.05) is 43.3 Å². The lowest BCUT2D eigenvalue weighted by Crippen LogP contribution is -2.49. The number of aryl methyl sites for hydroxylation is 1. The number of fused-ring (bicyclic) bond motifs is 4. The Labute approximate surface area is 294 Å². The van der Waals surface area contributed by atoms with E-state index in [2.05, 4.69) is 43.6 Å². The Bertz CT molecular complexity index is 1760. The first-order valence-electron chi connectivity index (χ1n) is 17.5. The molecule has 3 aliphatic carbocycles. The molecule has 1 spiro atoms. The van der Waals surface area contributed by atoms with Crippen molar-refractivity contribution >= 4 is 39.1 Å². The van der Waals surface area contributed by atoms with E-state index in [-0.39, 0.29) is 35.3 Å². The molecule has 0 radical (unpaired) electrons. The predicted molar refractivity (Wildman–Crippen MR) is 191 cm³/mol. The number of carbonyl (C=O) groups is 2. The summed E-state index contributed by atoms with van der Waals surface area (Å²) in [5.74, 6) is 0.700. The van der Waals surface area contributed by atoms with Gasteiger partial charge in [-0.1, -0.05) is 36.7 Å². The minimum atomic E-state index is -3.48. The SMILES string of the molecule is CO[C@H]1/C=C/C[C@H](C)C[S@@](=O)(NC(=O)N[C@H]2C[C@H]2OC)=NC(=O)c2ccc3c(c2)N(C[C@@H]2CC[C@H]21)C[C@@]1(CCCc2cc(Cl)ccc21)CO3. The fraction of sp³-hybridized carbons (Fsp3) is 0.568. The first-order chi connectivity index (χ1) is 23.6. The van der Waals surface area contributed by atoms with Crippen molar-refractivity contribution in [2.75, 3.05) is 44.6 Å². The monoisotopic (exact) mass is 710 g/mol. The maximum Gasteiger partial charge on any atom is 0.327 e. The second-order valence-electron chi connectivity index (χ2n) is 14.7. The van der Waals surface area contributed by atoms with Gasteiger partial charge >= 0.3 is 6.03 Å². The number of rotatable bonds is 4. The van der Waals surface area contributed by atoms with Crippen LogP contribution < -0.4 is 19.7 Å². The molecule has 264 valence electrons. The molecule has 0 aromatic heterocycles. The van der Waals surface area contributed by atoms with Crippen molar-refractivity contribution in [3.05, 3.63) is 70.3 Å². The van der Waals surface area contributed by atoms with Crippen molar-refractivity contribution in [2.45, 2.75) is 75.5 Å². The summed E-state index contributed by atoms with van der Waals surface area (Å²) in [6, 6.07) is 10.8. The average Bonchev–Trinajstić information content (AvgIpc) is 3.83. The fourth-order valence-electron chi connectivity index (χ4n) is 8.29. The van der Waals surface area contributed by atoms with Gasteiger partial charge in [0.25, 0.3) is 5.91 Å². The van der Waals surface area contributed by atoms with Crippen LogP contribution in [-0.2, 0) is 31.2 Å². The molecule has 10 nitrogen and oxygen atoms in total. The van der Waals surface area contributed by atoms with Crippen LogP contribution in [0.1, 0.15) is 66.9 Å². The molecule has 2 bridgehead atoms. The van der Waals surface area contributed by atoms with E-state index in [4.69, 9.17) is 25.8 Å². The van der Waals surface area contributed by atoms with Crippen LogP contribution >= 0.6 is 11.6 Å². The molecule has 12 heteroatoms. The summed E-state index contributed by atoms with van der Waals surface area (Å²) in [6.07, 6.45) is 10.5. The molecule has 2 fully saturated rings. The summed E-state index contributed by atoms with van der Waals surface area (Å²) < 4.78 is 39.1. The molecule has 0 saturated heterocycles. The molecular formula is C37H47ClN4O6S. The average molecular weight is 711 g/mol. The van der Waals surface area contributed by atoms with Crippen LogP contribution in [-0.4, -0.2) is 74.1 Å². The molecule has 2 heterocycles. The van der Waals surface area contributed by atoms with E-state index in [9.17, 15) is 13.8 Å². The molecule has 2 aliphatic heterocycles. The number of anilines is 1. The predicted octanol–water partition coefficient (Wildman–Crippen LogP) is 6.06. The van der Waals surface area contributed by atoms with E-state index in [1.54, 1.807) is 20.3 Å². The maximum absolute atomic E-state index is 14.3. The molecular weight excluding hydrogens is 664 g/mol. The van der Waals surface area contributed by atoms with Gasteiger partial charge in [-0.05, 0) is 104 Å². The van der Waals surface area contributed by atoms with Crippen molar-refractivity contribution in [1.82, 2.24) is 10.0 Å². The van der Waals surface area contributed by atoms with Crippen molar-refractivity contribution < 1.29 is 28.0 Å². The normalized spacial score (nSPS) is 34.6. The molecule has 0 unspecified atom stereocenters. The van der Waals surface area contributed by atoms with Gasteiger partial charge in [-0.25, -0.2) is 9.00 Å². The maximum atomic E-state index is 14.3. The van der Waals surface area contributed by atoms with Gasteiger partial charge in [-0.3, -0.25) is 9.52 Å². The summed E-state index contributed by atoms with van der Waals surface area (Å²) in [5, 5.41) is 3.54. The van der Waals surface area contributed by atoms with E-state index >= 15 is 0 Å². The van der Waals surface area contributed by atoms with E-state index in [1.165, 1.54) is 11.1 Å². The van der Waals surface area contributed by atoms with Gasteiger partial charge in [0.15, 0.2) is 0 Å². The van der Waals surface area contributed by atoms with Crippen LogP contribution in [0, 0.1) is 17.8 Å². The van der Waals surface area contributed by atoms with Crippen LogP contribution in [0.25, 0.3) is 0 Å². The standard InChI is InChI=1S/C37H47ClN4O6S/c1-23-6-4-8-32(46-2)28-12-9-26(28)19-42-21-37(15-5-7-24-16-27(38)11-13-29(24)37)22-48-33-14-10-25(17-31(33)42)35(43)40-49(45,20-23)41-36(44)39-30-18-34(30)47-3/h4,8,10-11,13-14,16-17,23,26,28,30,32,34H,5-7,9,12,15,18-22H2,1-3H3,(H2,39,40,41,43,44,45)/b8-4+/t23-,26-,28+,30-,32-,34+,37-,49-/m0/s1. The summed E-state index contributed by atoms with van der Waals surface area (Å²) in [5.41, 5.74) is 3.42. The fourth-order valence-corrected chi connectivity index (χ4v) is 10.3. The molecule has 5 aliphatic rings. The van der Waals surface area contributed by atoms with Crippen molar-refractivity contribution in [3.8, 4) is 5.75 Å². The minimum absolute atomic E-state index is 0.0185. The van der Waals surface area contributed by atoms with E-state index < -0.39 is 21.9 Å². The zero-order chi connectivity index (χ0) is 34.3. The number of ether oxygens (including phenoxy) is 3. The van der Waals surface area contributed by atoms with Gasteiger partial charge in [0.2, 0.25) is 0 Å². The number of benzene rings is 2. The largest absolute Gasteiger partial charge is 0.490 e. The number of carbonyl (C=O) groups excluding carboxylic acids is 2. The quantitative estimate of drug-likeness (QED) is 0.371. The molecule has 2 aromatic carbocycles. The number of urea groups is 1. The van der Waals surface area contributed by atoms with Crippen molar-refractivity contribution in [3.63, 3.8) is 0 Å².